The first-order valence-corrected chi connectivity index (χ1v) is 7.33. The zero-order valence-electron chi connectivity index (χ0n) is 12.0. The lowest BCUT2D eigenvalue weighted by Gasteiger charge is -2.18. The summed E-state index contributed by atoms with van der Waals surface area (Å²) in [6.07, 6.45) is 0.860. The molecule has 21 heavy (non-hydrogen) atoms. The number of hydrogen-bond acceptors (Lipinski definition) is 3. The first-order chi connectivity index (χ1) is 10.4. The molecular weight excluding hydrogens is 264 g/mol. The van der Waals surface area contributed by atoms with Crippen LogP contribution in [0.2, 0.25) is 0 Å². The van der Waals surface area contributed by atoms with Gasteiger partial charge < -0.3 is 14.2 Å². The number of benzene rings is 2. The Morgan fingerprint density at radius 1 is 0.857 bits per heavy atom. The normalized spacial score (nSPS) is 17.1. The Kier molecular flexibility index (Phi) is 5.00. The van der Waals surface area contributed by atoms with E-state index in [2.05, 4.69) is 24.3 Å². The van der Waals surface area contributed by atoms with Crippen molar-refractivity contribution in [3.8, 4) is 0 Å². The lowest BCUT2D eigenvalue weighted by molar-refractivity contribution is -0.162. The van der Waals surface area contributed by atoms with Crippen LogP contribution >= 0.6 is 0 Å². The highest BCUT2D eigenvalue weighted by molar-refractivity contribution is 5.14. The molecule has 1 unspecified atom stereocenters. The Balaban J connectivity index is 1.50. The summed E-state index contributed by atoms with van der Waals surface area (Å²) in [5.74, 6) is 0. The van der Waals surface area contributed by atoms with Gasteiger partial charge in [0.05, 0.1) is 25.9 Å². The highest BCUT2D eigenvalue weighted by Gasteiger charge is 2.27. The van der Waals surface area contributed by atoms with Crippen LogP contribution in [-0.2, 0) is 27.4 Å². The smallest absolute Gasteiger partial charge is 0.161 e. The van der Waals surface area contributed by atoms with E-state index in [0.717, 1.165) is 24.2 Å². The molecule has 0 aromatic heterocycles. The maximum Gasteiger partial charge on any atom is 0.161 e. The Hall–Kier alpha value is -1.68. The van der Waals surface area contributed by atoms with Crippen molar-refractivity contribution in [1.82, 2.24) is 0 Å². The van der Waals surface area contributed by atoms with Crippen molar-refractivity contribution in [3.63, 3.8) is 0 Å². The molecule has 1 saturated heterocycles. The van der Waals surface area contributed by atoms with E-state index in [0.29, 0.717) is 19.3 Å². The Bertz CT molecular complexity index is 479. The van der Waals surface area contributed by atoms with E-state index >= 15 is 0 Å². The lowest BCUT2D eigenvalue weighted by Crippen LogP contribution is -2.19. The van der Waals surface area contributed by atoms with Gasteiger partial charge in [0, 0.05) is 6.42 Å². The Morgan fingerprint density at radius 2 is 1.33 bits per heavy atom. The van der Waals surface area contributed by atoms with E-state index in [4.69, 9.17) is 14.2 Å². The molecule has 1 aliphatic heterocycles. The molecular formula is C18H20O3. The van der Waals surface area contributed by atoms with Gasteiger partial charge in [-0.15, -0.1) is 0 Å². The minimum atomic E-state index is -0.224. The zero-order chi connectivity index (χ0) is 14.3. The van der Waals surface area contributed by atoms with Crippen molar-refractivity contribution in [2.45, 2.75) is 32.0 Å². The molecule has 110 valence electrons. The molecule has 1 aliphatic rings. The molecule has 1 atom stereocenters. The van der Waals surface area contributed by atoms with Gasteiger partial charge >= 0.3 is 0 Å². The molecule has 0 radical (unpaired) electrons. The van der Waals surface area contributed by atoms with Crippen molar-refractivity contribution < 1.29 is 14.2 Å². The summed E-state index contributed by atoms with van der Waals surface area (Å²) in [7, 11) is 0. The average molecular weight is 284 g/mol. The first kappa shape index (κ1) is 14.3. The van der Waals surface area contributed by atoms with Crippen molar-refractivity contribution in [2.24, 2.45) is 0 Å². The van der Waals surface area contributed by atoms with Gasteiger partial charge in [0.2, 0.25) is 0 Å². The lowest BCUT2D eigenvalue weighted by atomic mass is 10.2. The molecule has 0 saturated carbocycles. The zero-order valence-corrected chi connectivity index (χ0v) is 12.0. The molecule has 0 amide bonds. The maximum atomic E-state index is 5.90. The summed E-state index contributed by atoms with van der Waals surface area (Å²) in [6, 6.07) is 20.3. The quantitative estimate of drug-likeness (QED) is 0.549. The first-order valence-electron chi connectivity index (χ1n) is 7.33. The van der Waals surface area contributed by atoms with Crippen LogP contribution in [0.1, 0.15) is 17.5 Å². The fraction of sp³-hybridized carbons (Fsp3) is 0.333. The Labute approximate surface area is 125 Å². The molecule has 3 nitrogen and oxygen atoms in total. The van der Waals surface area contributed by atoms with E-state index in [-0.39, 0.29) is 6.29 Å². The van der Waals surface area contributed by atoms with Crippen LogP contribution < -0.4 is 0 Å². The van der Waals surface area contributed by atoms with Gasteiger partial charge in [-0.05, 0) is 11.1 Å². The highest BCUT2D eigenvalue weighted by Crippen LogP contribution is 2.20. The van der Waals surface area contributed by atoms with Crippen LogP contribution in [0.5, 0.6) is 0 Å². The predicted octanol–water partition coefficient (Wildman–Crippen LogP) is 3.54. The van der Waals surface area contributed by atoms with Crippen molar-refractivity contribution >= 4 is 0 Å². The third kappa shape index (κ3) is 4.97. The molecule has 2 aromatic carbocycles. The second-order valence-corrected chi connectivity index (χ2v) is 5.21. The summed E-state index contributed by atoms with van der Waals surface area (Å²) in [5, 5.41) is 0. The van der Waals surface area contributed by atoms with Crippen LogP contribution in [0, 0.1) is 0 Å². The van der Waals surface area contributed by atoms with E-state index < -0.39 is 0 Å². The monoisotopic (exact) mass is 284 g/mol. The molecule has 0 N–H and O–H groups in total. The second kappa shape index (κ2) is 7.36. The van der Waals surface area contributed by atoms with E-state index in [1.54, 1.807) is 0 Å². The fourth-order valence-electron chi connectivity index (χ4n) is 2.13. The minimum Gasteiger partial charge on any atom is -0.373 e. The molecule has 2 aromatic rings. The summed E-state index contributed by atoms with van der Waals surface area (Å²) >= 11 is 0. The largest absolute Gasteiger partial charge is 0.373 e. The van der Waals surface area contributed by atoms with Crippen molar-refractivity contribution in [1.29, 1.82) is 0 Å². The average Bonchev–Trinajstić information content (AvgIpc) is 3.36. The third-order valence-corrected chi connectivity index (χ3v) is 3.42. The van der Waals surface area contributed by atoms with Crippen LogP contribution in [-0.4, -0.2) is 19.0 Å². The summed E-state index contributed by atoms with van der Waals surface area (Å²) < 4.78 is 17.1. The number of hydrogen-bond donors (Lipinski definition) is 0. The number of rotatable bonds is 8. The molecule has 0 spiro atoms. The third-order valence-electron chi connectivity index (χ3n) is 3.42. The number of ether oxygens (including phenoxy) is 3. The van der Waals surface area contributed by atoms with Gasteiger partial charge in [0.1, 0.15) is 0 Å². The molecule has 3 rings (SSSR count). The molecule has 0 aliphatic carbocycles. The van der Waals surface area contributed by atoms with Gasteiger partial charge in [-0.2, -0.15) is 0 Å². The molecule has 3 heteroatoms. The van der Waals surface area contributed by atoms with E-state index in [1.807, 2.05) is 36.4 Å². The Morgan fingerprint density at radius 3 is 1.76 bits per heavy atom. The minimum absolute atomic E-state index is 0.224. The van der Waals surface area contributed by atoms with Crippen LogP contribution in [0.25, 0.3) is 0 Å². The van der Waals surface area contributed by atoms with Gasteiger partial charge in [0.15, 0.2) is 6.29 Å². The maximum absolute atomic E-state index is 5.90. The van der Waals surface area contributed by atoms with Gasteiger partial charge in [-0.1, -0.05) is 60.7 Å². The van der Waals surface area contributed by atoms with Gasteiger partial charge in [-0.3, -0.25) is 0 Å². The van der Waals surface area contributed by atoms with Crippen molar-refractivity contribution in [3.05, 3.63) is 71.8 Å². The fourth-order valence-corrected chi connectivity index (χ4v) is 2.13. The summed E-state index contributed by atoms with van der Waals surface area (Å²) in [6.45, 7) is 1.94. The topological polar surface area (TPSA) is 31.0 Å². The SMILES string of the molecule is c1ccc(COC(CC2CO2)OCc2ccccc2)cc1. The van der Waals surface area contributed by atoms with Crippen LogP contribution in [0.4, 0.5) is 0 Å². The molecule has 1 fully saturated rings. The summed E-state index contributed by atoms with van der Waals surface area (Å²) in [4.78, 5) is 0. The number of epoxide rings is 1. The van der Waals surface area contributed by atoms with Crippen LogP contribution in [0.3, 0.4) is 0 Å². The second-order valence-electron chi connectivity index (χ2n) is 5.21. The molecule has 1 heterocycles. The predicted molar refractivity (Wildman–Crippen MR) is 80.6 cm³/mol. The molecule has 0 bridgehead atoms. The summed E-state index contributed by atoms with van der Waals surface area (Å²) in [5.41, 5.74) is 2.31. The van der Waals surface area contributed by atoms with Crippen LogP contribution in [0.15, 0.2) is 60.7 Å². The van der Waals surface area contributed by atoms with Gasteiger partial charge in [-0.25, -0.2) is 0 Å². The van der Waals surface area contributed by atoms with E-state index in [9.17, 15) is 0 Å². The van der Waals surface area contributed by atoms with E-state index in [1.165, 1.54) is 0 Å². The van der Waals surface area contributed by atoms with Crippen molar-refractivity contribution in [2.75, 3.05) is 6.61 Å². The standard InChI is InChI=1S/C18H20O3/c1-3-7-15(8-4-1)12-20-18(11-17-14-19-17)21-13-16-9-5-2-6-10-16/h1-10,17-18H,11-14H2. The highest BCUT2D eigenvalue weighted by atomic mass is 16.7. The van der Waals surface area contributed by atoms with Gasteiger partial charge in [0.25, 0.3) is 0 Å².